The van der Waals surface area contributed by atoms with Gasteiger partial charge in [-0.15, -0.1) is 11.3 Å². The van der Waals surface area contributed by atoms with Gasteiger partial charge in [-0.2, -0.15) is 0 Å². The fourth-order valence-electron chi connectivity index (χ4n) is 1.74. The summed E-state index contributed by atoms with van der Waals surface area (Å²) < 4.78 is 10.4. The maximum Gasteiger partial charge on any atom is 0.311 e. The van der Waals surface area contributed by atoms with Crippen molar-refractivity contribution in [2.24, 2.45) is 0 Å². The zero-order valence-electron chi connectivity index (χ0n) is 11.8. The standard InChI is InChI=1S/C15H17NO3S/c1-10-5-4-6-13(11(10)2)19-8-14-16-12(9-20-14)7-15(17)18-3/h4-6,9H,7-8H2,1-3H3. The minimum atomic E-state index is -0.280. The molecule has 0 spiro atoms. The number of ether oxygens (including phenoxy) is 2. The molecule has 0 N–H and O–H groups in total. The van der Waals surface area contributed by atoms with Crippen LogP contribution in [0.4, 0.5) is 0 Å². The fourth-order valence-corrected chi connectivity index (χ4v) is 2.44. The Morgan fingerprint density at radius 2 is 2.15 bits per heavy atom. The van der Waals surface area contributed by atoms with Crippen LogP contribution in [0.2, 0.25) is 0 Å². The van der Waals surface area contributed by atoms with Gasteiger partial charge in [0, 0.05) is 5.38 Å². The molecule has 0 saturated heterocycles. The van der Waals surface area contributed by atoms with Crippen molar-refractivity contribution < 1.29 is 14.3 Å². The van der Waals surface area contributed by atoms with E-state index in [2.05, 4.69) is 22.7 Å². The average molecular weight is 291 g/mol. The molecule has 1 aromatic carbocycles. The lowest BCUT2D eigenvalue weighted by atomic mass is 10.1. The zero-order chi connectivity index (χ0) is 14.5. The largest absolute Gasteiger partial charge is 0.486 e. The number of aryl methyl sites for hydroxylation is 1. The number of rotatable bonds is 5. The Kier molecular flexibility index (Phi) is 4.74. The van der Waals surface area contributed by atoms with E-state index >= 15 is 0 Å². The van der Waals surface area contributed by atoms with Gasteiger partial charge in [0.25, 0.3) is 0 Å². The minimum absolute atomic E-state index is 0.205. The molecule has 0 aliphatic rings. The van der Waals surface area contributed by atoms with Crippen molar-refractivity contribution in [3.05, 3.63) is 45.4 Å². The third-order valence-electron chi connectivity index (χ3n) is 3.06. The quantitative estimate of drug-likeness (QED) is 0.794. The highest BCUT2D eigenvalue weighted by Crippen LogP contribution is 2.22. The third-order valence-corrected chi connectivity index (χ3v) is 3.93. The summed E-state index contributed by atoms with van der Waals surface area (Å²) in [7, 11) is 1.37. The summed E-state index contributed by atoms with van der Waals surface area (Å²) in [4.78, 5) is 15.5. The Morgan fingerprint density at radius 1 is 1.35 bits per heavy atom. The van der Waals surface area contributed by atoms with Gasteiger partial charge < -0.3 is 9.47 Å². The molecule has 20 heavy (non-hydrogen) atoms. The number of carbonyl (C=O) groups is 1. The number of hydrogen-bond acceptors (Lipinski definition) is 5. The van der Waals surface area contributed by atoms with Crippen molar-refractivity contribution in [3.8, 4) is 5.75 Å². The van der Waals surface area contributed by atoms with Crippen LogP contribution in [0.5, 0.6) is 5.75 Å². The van der Waals surface area contributed by atoms with Crippen molar-refractivity contribution >= 4 is 17.3 Å². The van der Waals surface area contributed by atoms with Crippen LogP contribution >= 0.6 is 11.3 Å². The van der Waals surface area contributed by atoms with Gasteiger partial charge in [0.2, 0.25) is 0 Å². The van der Waals surface area contributed by atoms with Crippen LogP contribution in [0.25, 0.3) is 0 Å². The van der Waals surface area contributed by atoms with Crippen LogP contribution in [-0.2, 0) is 22.6 Å². The molecule has 2 aromatic rings. The summed E-state index contributed by atoms with van der Waals surface area (Å²) in [6.07, 6.45) is 0.205. The van der Waals surface area contributed by atoms with Gasteiger partial charge in [-0.05, 0) is 31.0 Å². The SMILES string of the molecule is COC(=O)Cc1csc(COc2cccc(C)c2C)n1. The van der Waals surface area contributed by atoms with E-state index in [4.69, 9.17) is 4.74 Å². The van der Waals surface area contributed by atoms with Crippen molar-refractivity contribution in [1.29, 1.82) is 0 Å². The molecule has 0 unspecified atom stereocenters. The van der Waals surface area contributed by atoms with Gasteiger partial charge in [-0.3, -0.25) is 4.79 Å². The number of carbonyl (C=O) groups excluding carboxylic acids is 1. The first-order valence-electron chi connectivity index (χ1n) is 6.29. The molecule has 0 fully saturated rings. The van der Waals surface area contributed by atoms with Crippen molar-refractivity contribution in [1.82, 2.24) is 4.98 Å². The van der Waals surface area contributed by atoms with Crippen LogP contribution in [0.15, 0.2) is 23.6 Å². The second kappa shape index (κ2) is 6.52. The zero-order valence-corrected chi connectivity index (χ0v) is 12.6. The Labute approximate surface area is 122 Å². The van der Waals surface area contributed by atoms with Crippen LogP contribution in [0.3, 0.4) is 0 Å². The molecule has 4 nitrogen and oxygen atoms in total. The molecule has 0 amide bonds. The van der Waals surface area contributed by atoms with Crippen molar-refractivity contribution in [3.63, 3.8) is 0 Å². The van der Waals surface area contributed by atoms with Gasteiger partial charge in [0.05, 0.1) is 19.2 Å². The summed E-state index contributed by atoms with van der Waals surface area (Å²) in [5.74, 6) is 0.590. The number of thiazole rings is 1. The Balaban J connectivity index is 1.97. The average Bonchev–Trinajstić information content (AvgIpc) is 2.88. The lowest BCUT2D eigenvalue weighted by Crippen LogP contribution is -2.05. The molecule has 1 aromatic heterocycles. The highest BCUT2D eigenvalue weighted by atomic mass is 32.1. The molecular weight excluding hydrogens is 274 g/mol. The van der Waals surface area contributed by atoms with Gasteiger partial charge in [0.15, 0.2) is 0 Å². The topological polar surface area (TPSA) is 48.4 Å². The number of aromatic nitrogens is 1. The van der Waals surface area contributed by atoms with E-state index in [-0.39, 0.29) is 12.4 Å². The van der Waals surface area contributed by atoms with Gasteiger partial charge >= 0.3 is 5.97 Å². The molecular formula is C15H17NO3S. The predicted molar refractivity (Wildman–Crippen MR) is 78.1 cm³/mol. The molecule has 0 aliphatic carbocycles. The summed E-state index contributed by atoms with van der Waals surface area (Å²) in [6.45, 7) is 4.51. The Morgan fingerprint density at radius 3 is 2.90 bits per heavy atom. The maximum absolute atomic E-state index is 11.2. The fraction of sp³-hybridized carbons (Fsp3) is 0.333. The molecule has 0 radical (unpaired) electrons. The van der Waals surface area contributed by atoms with Crippen molar-refractivity contribution in [2.75, 3.05) is 7.11 Å². The number of hydrogen-bond donors (Lipinski definition) is 0. The van der Waals surface area contributed by atoms with E-state index in [1.54, 1.807) is 0 Å². The number of nitrogens with zero attached hydrogens (tertiary/aromatic N) is 1. The minimum Gasteiger partial charge on any atom is -0.486 e. The lowest BCUT2D eigenvalue weighted by molar-refractivity contribution is -0.139. The third kappa shape index (κ3) is 3.57. The van der Waals surface area contributed by atoms with Crippen LogP contribution in [0, 0.1) is 13.8 Å². The summed E-state index contributed by atoms with van der Waals surface area (Å²) in [5, 5.41) is 2.71. The summed E-state index contributed by atoms with van der Waals surface area (Å²) >= 11 is 1.49. The van der Waals surface area contributed by atoms with E-state index < -0.39 is 0 Å². The van der Waals surface area contributed by atoms with E-state index in [1.807, 2.05) is 24.4 Å². The van der Waals surface area contributed by atoms with E-state index in [0.717, 1.165) is 22.0 Å². The number of esters is 1. The monoisotopic (exact) mass is 291 g/mol. The highest BCUT2D eigenvalue weighted by Gasteiger charge is 2.09. The van der Waals surface area contributed by atoms with Gasteiger partial charge in [-0.25, -0.2) is 4.98 Å². The predicted octanol–water partition coefficient (Wildman–Crippen LogP) is 3.05. The van der Waals surface area contributed by atoms with E-state index in [1.165, 1.54) is 24.0 Å². The molecule has 106 valence electrons. The summed E-state index contributed by atoms with van der Waals surface area (Å²) in [5.41, 5.74) is 3.06. The van der Waals surface area contributed by atoms with Gasteiger partial charge in [-0.1, -0.05) is 12.1 Å². The molecule has 0 saturated carbocycles. The lowest BCUT2D eigenvalue weighted by Gasteiger charge is -2.09. The molecule has 1 heterocycles. The molecule has 0 bridgehead atoms. The molecule has 5 heteroatoms. The van der Waals surface area contributed by atoms with Crippen LogP contribution < -0.4 is 4.74 Å². The summed E-state index contributed by atoms with van der Waals surface area (Å²) in [6, 6.07) is 5.98. The smallest absolute Gasteiger partial charge is 0.311 e. The van der Waals surface area contributed by atoms with Gasteiger partial charge in [0.1, 0.15) is 17.4 Å². The van der Waals surface area contributed by atoms with Crippen LogP contribution in [0.1, 0.15) is 21.8 Å². The highest BCUT2D eigenvalue weighted by molar-refractivity contribution is 7.09. The van der Waals surface area contributed by atoms with E-state index in [0.29, 0.717) is 6.61 Å². The first-order chi connectivity index (χ1) is 9.60. The Bertz CT molecular complexity index is 607. The van der Waals surface area contributed by atoms with Crippen molar-refractivity contribution in [2.45, 2.75) is 26.9 Å². The van der Waals surface area contributed by atoms with E-state index in [9.17, 15) is 4.79 Å². The number of benzene rings is 1. The first kappa shape index (κ1) is 14.5. The maximum atomic E-state index is 11.2. The first-order valence-corrected chi connectivity index (χ1v) is 7.17. The molecule has 0 aliphatic heterocycles. The normalized spacial score (nSPS) is 10.3. The van der Waals surface area contributed by atoms with Crippen LogP contribution in [-0.4, -0.2) is 18.1 Å². The number of methoxy groups -OCH3 is 1. The Hall–Kier alpha value is -1.88. The second-order valence-corrected chi connectivity index (χ2v) is 5.41. The molecule has 0 atom stereocenters. The second-order valence-electron chi connectivity index (χ2n) is 4.47. The molecule has 2 rings (SSSR count).